The molecule has 0 saturated heterocycles. The van der Waals surface area contributed by atoms with Crippen molar-refractivity contribution in [2.24, 2.45) is 0 Å². The normalized spacial score (nSPS) is 12.2. The lowest BCUT2D eigenvalue weighted by Gasteiger charge is -2.13. The third-order valence-electron chi connectivity index (χ3n) is 11.0. The Morgan fingerprint density at radius 1 is 0.396 bits per heavy atom. The van der Waals surface area contributed by atoms with Crippen LogP contribution in [0.25, 0.3) is 115 Å². The quantitative estimate of drug-likeness (QED) is 0.175. The molecule has 12 rings (SSSR count). The van der Waals surface area contributed by atoms with Crippen LogP contribution in [0.1, 0.15) is 0 Å². The molecule has 4 aromatic heterocycles. The zero-order chi connectivity index (χ0) is 34.6. The van der Waals surface area contributed by atoms with Gasteiger partial charge in [-0.1, -0.05) is 121 Å². The molecule has 0 aliphatic heterocycles. The average molecular weight is 677 g/mol. The molecule has 4 heterocycles. The molecular weight excluding hydrogens is 649 g/mol. The summed E-state index contributed by atoms with van der Waals surface area (Å²) < 4.78 is 15.6. The fourth-order valence-electron chi connectivity index (χ4n) is 8.67. The summed E-state index contributed by atoms with van der Waals surface area (Å²) in [6.45, 7) is 0. The van der Waals surface area contributed by atoms with Gasteiger partial charge in [-0.25, -0.2) is 4.98 Å². The van der Waals surface area contributed by atoms with E-state index in [1.54, 1.807) is 0 Å². The van der Waals surface area contributed by atoms with Crippen LogP contribution in [-0.4, -0.2) is 9.55 Å². The highest BCUT2D eigenvalue weighted by atomic mass is 16.3. The molecule has 8 aromatic carbocycles. The Hall–Kier alpha value is -7.17. The maximum absolute atomic E-state index is 6.60. The van der Waals surface area contributed by atoms with Gasteiger partial charge in [0, 0.05) is 59.7 Å². The number of para-hydroxylation sites is 5. The van der Waals surface area contributed by atoms with E-state index in [4.69, 9.17) is 13.8 Å². The topological polar surface area (TPSA) is 44.1 Å². The third-order valence-corrected chi connectivity index (χ3v) is 11.0. The van der Waals surface area contributed by atoms with Crippen molar-refractivity contribution >= 4 is 87.4 Å². The highest BCUT2D eigenvalue weighted by Gasteiger charge is 2.22. The smallest absolute Gasteiger partial charge is 0.147 e. The molecule has 0 atom stereocenters. The molecule has 0 amide bonds. The van der Waals surface area contributed by atoms with Crippen molar-refractivity contribution in [2.45, 2.75) is 0 Å². The monoisotopic (exact) mass is 676 g/mol. The number of furan rings is 2. The van der Waals surface area contributed by atoms with Gasteiger partial charge in [-0.3, -0.25) is 0 Å². The van der Waals surface area contributed by atoms with Crippen molar-refractivity contribution < 1.29 is 8.83 Å². The highest BCUT2D eigenvalue weighted by molar-refractivity contribution is 6.29. The average Bonchev–Trinajstić information content (AvgIpc) is 3.89. The maximum atomic E-state index is 6.60. The second kappa shape index (κ2) is 10.7. The summed E-state index contributed by atoms with van der Waals surface area (Å²) in [4.78, 5) is 5.34. The molecule has 0 saturated carbocycles. The number of hydrogen-bond donors (Lipinski definition) is 0. The molecular formula is C49H28N2O2. The van der Waals surface area contributed by atoms with E-state index in [9.17, 15) is 0 Å². The fraction of sp³-hybridized carbons (Fsp3) is 0. The summed E-state index contributed by atoms with van der Waals surface area (Å²) in [6, 6.07) is 59.9. The molecule has 0 radical (unpaired) electrons. The molecule has 0 fully saturated rings. The summed E-state index contributed by atoms with van der Waals surface area (Å²) >= 11 is 0. The lowest BCUT2D eigenvalue weighted by Crippen LogP contribution is -1.94. The third kappa shape index (κ3) is 3.98. The zero-order valence-electron chi connectivity index (χ0n) is 28.4. The number of hydrogen-bond acceptors (Lipinski definition) is 3. The summed E-state index contributed by atoms with van der Waals surface area (Å²) in [6.07, 6.45) is 0. The highest BCUT2D eigenvalue weighted by Crippen LogP contribution is 2.46. The van der Waals surface area contributed by atoms with Crippen LogP contribution in [0.15, 0.2) is 179 Å². The van der Waals surface area contributed by atoms with Crippen LogP contribution < -0.4 is 0 Å². The van der Waals surface area contributed by atoms with Crippen LogP contribution in [0.5, 0.6) is 0 Å². The van der Waals surface area contributed by atoms with Gasteiger partial charge >= 0.3 is 0 Å². The molecule has 0 aliphatic carbocycles. The molecule has 4 heteroatoms. The molecule has 246 valence electrons. The Morgan fingerprint density at radius 2 is 0.981 bits per heavy atom. The number of aromatic nitrogens is 2. The van der Waals surface area contributed by atoms with Gasteiger partial charge in [0.15, 0.2) is 0 Å². The number of benzene rings is 8. The fourth-order valence-corrected chi connectivity index (χ4v) is 8.67. The first-order valence-electron chi connectivity index (χ1n) is 18.0. The van der Waals surface area contributed by atoms with Crippen molar-refractivity contribution in [2.75, 3.05) is 0 Å². The molecule has 0 bridgehead atoms. The molecule has 4 nitrogen and oxygen atoms in total. The predicted molar refractivity (Wildman–Crippen MR) is 219 cm³/mol. The molecule has 0 N–H and O–H groups in total. The van der Waals surface area contributed by atoms with Crippen LogP contribution in [0.2, 0.25) is 0 Å². The van der Waals surface area contributed by atoms with Gasteiger partial charge in [-0.2, -0.15) is 0 Å². The van der Waals surface area contributed by atoms with Gasteiger partial charge in [0.05, 0.1) is 27.8 Å². The molecule has 53 heavy (non-hydrogen) atoms. The number of pyridine rings is 1. The first-order valence-corrected chi connectivity index (χ1v) is 18.0. The zero-order valence-corrected chi connectivity index (χ0v) is 28.4. The Bertz CT molecular complexity index is 3350. The van der Waals surface area contributed by atoms with Crippen LogP contribution in [0, 0.1) is 0 Å². The van der Waals surface area contributed by atoms with Gasteiger partial charge in [0.25, 0.3) is 0 Å². The van der Waals surface area contributed by atoms with Crippen molar-refractivity contribution in [1.82, 2.24) is 9.55 Å². The molecule has 0 unspecified atom stereocenters. The summed E-state index contributed by atoms with van der Waals surface area (Å²) in [5, 5.41) is 10.3. The van der Waals surface area contributed by atoms with Gasteiger partial charge in [-0.15, -0.1) is 0 Å². The predicted octanol–water partition coefficient (Wildman–Crippen LogP) is 13.6. The maximum Gasteiger partial charge on any atom is 0.147 e. The Balaban J connectivity index is 1.12. The Morgan fingerprint density at radius 3 is 1.70 bits per heavy atom. The van der Waals surface area contributed by atoms with E-state index >= 15 is 0 Å². The van der Waals surface area contributed by atoms with E-state index in [2.05, 4.69) is 150 Å². The van der Waals surface area contributed by atoms with Crippen molar-refractivity contribution in [3.8, 4) is 28.1 Å². The van der Waals surface area contributed by atoms with Crippen LogP contribution >= 0.6 is 0 Å². The second-order valence-electron chi connectivity index (χ2n) is 13.8. The number of fused-ring (bicyclic) bond motifs is 13. The minimum absolute atomic E-state index is 0.831. The summed E-state index contributed by atoms with van der Waals surface area (Å²) in [5.74, 6) is 0. The van der Waals surface area contributed by atoms with Gasteiger partial charge < -0.3 is 13.4 Å². The van der Waals surface area contributed by atoms with Crippen molar-refractivity contribution in [3.63, 3.8) is 0 Å². The van der Waals surface area contributed by atoms with E-state index in [1.165, 1.54) is 27.2 Å². The van der Waals surface area contributed by atoms with Crippen LogP contribution in [-0.2, 0) is 0 Å². The van der Waals surface area contributed by atoms with E-state index in [-0.39, 0.29) is 0 Å². The van der Waals surface area contributed by atoms with Crippen molar-refractivity contribution in [3.05, 3.63) is 170 Å². The Kier molecular flexibility index (Phi) is 5.74. The number of rotatable bonds is 3. The van der Waals surface area contributed by atoms with Crippen LogP contribution in [0.4, 0.5) is 0 Å². The van der Waals surface area contributed by atoms with Crippen LogP contribution in [0.3, 0.4) is 0 Å². The van der Waals surface area contributed by atoms with Gasteiger partial charge in [0.2, 0.25) is 0 Å². The lowest BCUT2D eigenvalue weighted by atomic mass is 9.94. The van der Waals surface area contributed by atoms with E-state index in [1.807, 2.05) is 24.3 Å². The number of nitrogens with zero attached hydrogens (tertiary/aromatic N) is 2. The second-order valence-corrected chi connectivity index (χ2v) is 13.8. The Labute approximate surface area is 302 Å². The first-order chi connectivity index (χ1) is 26.3. The minimum atomic E-state index is 0.831. The molecule has 12 aromatic rings. The standard InChI is InChI=1S/C49H28N2O2/c1-2-12-31(13-3-1)51-40-19-9-5-17-35(40)46-41(51)27-26-36-45(46)34-16-4-8-18-39(34)50-47(36)30-24-22-29(23-25-30)44-48-37(32-14-6-10-20-42(32)52-48)28-38-33-15-7-11-21-43(33)53-49(38)44/h1-28H. The minimum Gasteiger partial charge on any atom is -0.455 e. The van der Waals surface area contributed by atoms with E-state index in [0.29, 0.717) is 0 Å². The summed E-state index contributed by atoms with van der Waals surface area (Å²) in [5.41, 5.74) is 11.9. The summed E-state index contributed by atoms with van der Waals surface area (Å²) in [7, 11) is 0. The molecule has 0 aliphatic rings. The lowest BCUT2D eigenvalue weighted by molar-refractivity contribution is 0.658. The van der Waals surface area contributed by atoms with Gasteiger partial charge in [0.1, 0.15) is 22.3 Å². The largest absolute Gasteiger partial charge is 0.455 e. The van der Waals surface area contributed by atoms with Gasteiger partial charge in [-0.05, 0) is 54.1 Å². The van der Waals surface area contributed by atoms with E-state index < -0.39 is 0 Å². The first kappa shape index (κ1) is 28.5. The SMILES string of the molecule is c1ccc(-n2c3ccccc3c3c4c(ccc32)c(-c2ccc(-c3c5oc6ccccc6c5cc5c3oc3ccccc35)cc2)nc2ccccc24)cc1. The van der Waals surface area contributed by atoms with Crippen molar-refractivity contribution in [1.29, 1.82) is 0 Å². The van der Waals surface area contributed by atoms with E-state index in [0.717, 1.165) is 88.2 Å². The molecule has 0 spiro atoms.